The van der Waals surface area contributed by atoms with E-state index in [1.165, 1.54) is 36.8 Å². The third-order valence-electron chi connectivity index (χ3n) is 6.27. The SMILES string of the molecule is CC=CCCCCCN1CCCc2nc(-c3ccc(C)cc3)c(-c3ccc(C)cc3)nc21. The van der Waals surface area contributed by atoms with Gasteiger partial charge in [-0.2, -0.15) is 0 Å². The monoisotopic (exact) mass is 425 g/mol. The lowest BCUT2D eigenvalue weighted by Crippen LogP contribution is -2.32. The fourth-order valence-electron chi connectivity index (χ4n) is 4.38. The second-order valence-electron chi connectivity index (χ2n) is 8.93. The van der Waals surface area contributed by atoms with Gasteiger partial charge in [-0.25, -0.2) is 9.97 Å². The van der Waals surface area contributed by atoms with Crippen molar-refractivity contribution in [3.05, 3.63) is 77.5 Å². The molecular formula is C29H35N3. The van der Waals surface area contributed by atoms with Crippen molar-refractivity contribution in [1.29, 1.82) is 0 Å². The number of unbranched alkanes of at least 4 members (excludes halogenated alkanes) is 3. The van der Waals surface area contributed by atoms with Crippen molar-refractivity contribution in [2.45, 2.75) is 59.3 Å². The molecule has 0 spiro atoms. The second-order valence-corrected chi connectivity index (χ2v) is 8.93. The predicted molar refractivity (Wildman–Crippen MR) is 136 cm³/mol. The number of fused-ring (bicyclic) bond motifs is 1. The van der Waals surface area contributed by atoms with Gasteiger partial charge in [-0.15, -0.1) is 0 Å². The summed E-state index contributed by atoms with van der Waals surface area (Å²) in [6.45, 7) is 8.49. The van der Waals surface area contributed by atoms with Crippen LogP contribution in [0.25, 0.3) is 22.5 Å². The van der Waals surface area contributed by atoms with Crippen LogP contribution in [0.3, 0.4) is 0 Å². The summed E-state index contributed by atoms with van der Waals surface area (Å²) in [5.74, 6) is 1.09. The molecule has 2 heterocycles. The number of aromatic nitrogens is 2. The average Bonchev–Trinajstić information content (AvgIpc) is 2.81. The number of benzene rings is 2. The van der Waals surface area contributed by atoms with Crippen molar-refractivity contribution in [2.75, 3.05) is 18.0 Å². The van der Waals surface area contributed by atoms with E-state index in [0.717, 1.165) is 60.0 Å². The Labute approximate surface area is 193 Å². The molecule has 1 aliphatic heterocycles. The van der Waals surface area contributed by atoms with Crippen LogP contribution in [-0.4, -0.2) is 23.1 Å². The van der Waals surface area contributed by atoms with Crippen molar-refractivity contribution >= 4 is 5.82 Å². The number of nitrogens with zero attached hydrogens (tertiary/aromatic N) is 3. The van der Waals surface area contributed by atoms with Gasteiger partial charge in [-0.05, 0) is 52.9 Å². The largest absolute Gasteiger partial charge is 0.355 e. The molecule has 3 nitrogen and oxygen atoms in total. The number of allylic oxidation sites excluding steroid dienone is 2. The fourth-order valence-corrected chi connectivity index (χ4v) is 4.38. The summed E-state index contributed by atoms with van der Waals surface area (Å²) >= 11 is 0. The molecule has 1 aliphatic rings. The molecule has 0 saturated carbocycles. The van der Waals surface area contributed by atoms with Crippen molar-refractivity contribution in [1.82, 2.24) is 9.97 Å². The predicted octanol–water partition coefficient (Wildman–Crippen LogP) is 7.32. The summed E-state index contributed by atoms with van der Waals surface area (Å²) < 4.78 is 0. The van der Waals surface area contributed by atoms with Gasteiger partial charge in [0.15, 0.2) is 5.82 Å². The molecule has 4 rings (SSSR count). The van der Waals surface area contributed by atoms with E-state index in [4.69, 9.17) is 9.97 Å². The Hall–Kier alpha value is -2.94. The highest BCUT2D eigenvalue weighted by molar-refractivity contribution is 5.79. The van der Waals surface area contributed by atoms with Gasteiger partial charge >= 0.3 is 0 Å². The molecule has 0 fully saturated rings. The third-order valence-corrected chi connectivity index (χ3v) is 6.27. The molecule has 3 aromatic rings. The Morgan fingerprint density at radius 3 is 2.06 bits per heavy atom. The maximum Gasteiger partial charge on any atom is 0.151 e. The number of hydrogen-bond acceptors (Lipinski definition) is 3. The minimum Gasteiger partial charge on any atom is -0.355 e. The first-order chi connectivity index (χ1) is 15.7. The molecule has 0 unspecified atom stereocenters. The molecular weight excluding hydrogens is 390 g/mol. The zero-order chi connectivity index (χ0) is 22.3. The minimum absolute atomic E-state index is 0.993. The first-order valence-corrected chi connectivity index (χ1v) is 12.1. The molecule has 0 bridgehead atoms. The quantitative estimate of drug-likeness (QED) is 0.280. The van der Waals surface area contributed by atoms with E-state index in [1.807, 2.05) is 0 Å². The molecule has 0 aliphatic carbocycles. The van der Waals surface area contributed by atoms with Crippen LogP contribution < -0.4 is 4.90 Å². The number of rotatable bonds is 8. The summed E-state index contributed by atoms with van der Waals surface area (Å²) in [7, 11) is 0. The Morgan fingerprint density at radius 1 is 0.812 bits per heavy atom. The van der Waals surface area contributed by atoms with Crippen LogP contribution >= 0.6 is 0 Å². The Morgan fingerprint density at radius 2 is 1.44 bits per heavy atom. The molecule has 0 amide bonds. The zero-order valence-electron chi connectivity index (χ0n) is 19.8. The highest BCUT2D eigenvalue weighted by Gasteiger charge is 2.23. The van der Waals surface area contributed by atoms with E-state index in [0.29, 0.717) is 0 Å². The van der Waals surface area contributed by atoms with Crippen molar-refractivity contribution in [2.24, 2.45) is 0 Å². The van der Waals surface area contributed by atoms with Gasteiger partial charge in [0.05, 0.1) is 17.1 Å². The maximum absolute atomic E-state index is 5.27. The van der Waals surface area contributed by atoms with Crippen LogP contribution in [0.15, 0.2) is 60.7 Å². The van der Waals surface area contributed by atoms with Gasteiger partial charge in [-0.3, -0.25) is 0 Å². The van der Waals surface area contributed by atoms with Gasteiger partial charge in [-0.1, -0.05) is 78.2 Å². The van der Waals surface area contributed by atoms with Gasteiger partial charge in [0.1, 0.15) is 0 Å². The van der Waals surface area contributed by atoms with Crippen LogP contribution in [0.2, 0.25) is 0 Å². The van der Waals surface area contributed by atoms with E-state index in [1.54, 1.807) is 0 Å². The Kier molecular flexibility index (Phi) is 7.36. The molecule has 2 aromatic carbocycles. The lowest BCUT2D eigenvalue weighted by atomic mass is 10.0. The third kappa shape index (κ3) is 5.27. The molecule has 32 heavy (non-hydrogen) atoms. The molecule has 0 saturated heterocycles. The van der Waals surface area contributed by atoms with E-state index < -0.39 is 0 Å². The van der Waals surface area contributed by atoms with Crippen molar-refractivity contribution < 1.29 is 0 Å². The molecule has 0 N–H and O–H groups in total. The van der Waals surface area contributed by atoms with Crippen molar-refractivity contribution in [3.63, 3.8) is 0 Å². The van der Waals surface area contributed by atoms with E-state index >= 15 is 0 Å². The zero-order valence-corrected chi connectivity index (χ0v) is 19.8. The van der Waals surface area contributed by atoms with Crippen molar-refractivity contribution in [3.8, 4) is 22.5 Å². The van der Waals surface area contributed by atoms with Gasteiger partial charge < -0.3 is 4.90 Å². The normalized spacial score (nSPS) is 13.5. The highest BCUT2D eigenvalue weighted by atomic mass is 15.2. The topological polar surface area (TPSA) is 29.0 Å². The first kappa shape index (κ1) is 22.3. The minimum atomic E-state index is 0.993. The molecule has 3 heteroatoms. The summed E-state index contributed by atoms with van der Waals surface area (Å²) in [5, 5.41) is 0. The van der Waals surface area contributed by atoms with Gasteiger partial charge in [0.2, 0.25) is 0 Å². The van der Waals surface area contributed by atoms with E-state index in [-0.39, 0.29) is 0 Å². The lowest BCUT2D eigenvalue weighted by molar-refractivity contribution is 0.614. The second kappa shape index (κ2) is 10.6. The first-order valence-electron chi connectivity index (χ1n) is 12.1. The summed E-state index contributed by atoms with van der Waals surface area (Å²) in [4.78, 5) is 13.0. The van der Waals surface area contributed by atoms with Crippen LogP contribution in [0.4, 0.5) is 5.82 Å². The number of anilines is 1. The number of hydrogen-bond donors (Lipinski definition) is 0. The summed E-state index contributed by atoms with van der Waals surface area (Å²) in [6.07, 6.45) is 11.5. The Bertz CT molecular complexity index is 1050. The molecule has 1 aromatic heterocycles. The fraction of sp³-hybridized carbons (Fsp3) is 0.379. The number of aryl methyl sites for hydroxylation is 3. The molecule has 166 valence electrons. The molecule has 0 atom stereocenters. The summed E-state index contributed by atoms with van der Waals surface area (Å²) in [6, 6.07) is 17.4. The lowest BCUT2D eigenvalue weighted by Gasteiger charge is -2.30. The molecule has 0 radical (unpaired) electrons. The highest BCUT2D eigenvalue weighted by Crippen LogP contribution is 2.35. The van der Waals surface area contributed by atoms with E-state index in [9.17, 15) is 0 Å². The standard InChI is InChI=1S/C29H35N3/c1-4-5-6-7-8-9-20-32-21-10-11-26-29(32)31-28(25-18-14-23(3)15-19-25)27(30-26)24-16-12-22(2)13-17-24/h4-5,12-19H,6-11,20-21H2,1-3H3. The van der Waals surface area contributed by atoms with Gasteiger partial charge in [0.25, 0.3) is 0 Å². The van der Waals surface area contributed by atoms with E-state index in [2.05, 4.69) is 86.4 Å². The van der Waals surface area contributed by atoms with Crippen LogP contribution in [-0.2, 0) is 6.42 Å². The van der Waals surface area contributed by atoms with Crippen LogP contribution in [0, 0.1) is 13.8 Å². The van der Waals surface area contributed by atoms with Crippen LogP contribution in [0.1, 0.15) is 55.8 Å². The van der Waals surface area contributed by atoms with Crippen LogP contribution in [0.5, 0.6) is 0 Å². The Balaban J connectivity index is 1.67. The summed E-state index contributed by atoms with van der Waals surface area (Å²) in [5.41, 5.74) is 7.94. The maximum atomic E-state index is 5.27. The average molecular weight is 426 g/mol. The van der Waals surface area contributed by atoms with Gasteiger partial charge in [0, 0.05) is 24.2 Å². The smallest absolute Gasteiger partial charge is 0.151 e.